The Kier molecular flexibility index (Phi) is 2.55. The van der Waals surface area contributed by atoms with Crippen molar-refractivity contribution in [2.24, 2.45) is 0 Å². The van der Waals surface area contributed by atoms with Crippen molar-refractivity contribution < 1.29 is 0 Å². The van der Waals surface area contributed by atoms with E-state index >= 15 is 0 Å². The molecule has 0 aromatic carbocycles. The Hall–Kier alpha value is 0.210. The van der Waals surface area contributed by atoms with Crippen LogP contribution in [0.4, 0.5) is 0 Å². The predicted octanol–water partition coefficient (Wildman–Crippen LogP) is 3.57. The molecule has 1 rings (SSSR count). The number of halogens is 2. The van der Waals surface area contributed by atoms with Crippen LogP contribution < -0.4 is 0 Å². The normalized spacial score (nSPS) is 10.9. The maximum absolute atomic E-state index is 5.75. The lowest BCUT2D eigenvalue weighted by Gasteiger charge is -1.97. The van der Waals surface area contributed by atoms with E-state index in [0.717, 1.165) is 4.88 Å². The molecular formula is C6H7Cl2NS. The smallest absolute Gasteiger partial charge is 0.185 e. The van der Waals surface area contributed by atoms with Crippen LogP contribution in [0.15, 0.2) is 0 Å². The Bertz CT molecular complexity index is 232. The number of thiazole rings is 1. The lowest BCUT2D eigenvalue weighted by molar-refractivity contribution is 0.886. The fourth-order valence-electron chi connectivity index (χ4n) is 0.644. The number of rotatable bonds is 1. The summed E-state index contributed by atoms with van der Waals surface area (Å²) in [5, 5.41) is 0.546. The van der Waals surface area contributed by atoms with Gasteiger partial charge in [0, 0.05) is 4.88 Å². The third-order valence-corrected chi connectivity index (χ3v) is 2.97. The summed E-state index contributed by atoms with van der Waals surface area (Å²) in [5.41, 5.74) is 0. The van der Waals surface area contributed by atoms with Crippen molar-refractivity contribution in [3.8, 4) is 0 Å². The fourth-order valence-corrected chi connectivity index (χ4v) is 2.17. The summed E-state index contributed by atoms with van der Waals surface area (Å²) in [6, 6.07) is 0. The molecule has 0 unspecified atom stereocenters. The Morgan fingerprint density at radius 3 is 2.20 bits per heavy atom. The standard InChI is InChI=1S/C6H7Cl2NS/c1-3(2)4-5(7)9-6(8)10-4/h3H,1-2H3. The van der Waals surface area contributed by atoms with Gasteiger partial charge in [0.1, 0.15) is 5.15 Å². The molecule has 10 heavy (non-hydrogen) atoms. The van der Waals surface area contributed by atoms with Crippen LogP contribution >= 0.6 is 34.5 Å². The van der Waals surface area contributed by atoms with E-state index in [-0.39, 0.29) is 0 Å². The minimum absolute atomic E-state index is 0.414. The molecular weight excluding hydrogens is 189 g/mol. The van der Waals surface area contributed by atoms with E-state index in [4.69, 9.17) is 23.2 Å². The summed E-state index contributed by atoms with van der Waals surface area (Å²) in [6.07, 6.45) is 0. The summed E-state index contributed by atoms with van der Waals surface area (Å²) in [6.45, 7) is 4.13. The van der Waals surface area contributed by atoms with Gasteiger partial charge in [0.25, 0.3) is 0 Å². The second-order valence-corrected chi connectivity index (χ2v) is 4.25. The van der Waals surface area contributed by atoms with E-state index in [0.29, 0.717) is 15.5 Å². The zero-order valence-electron chi connectivity index (χ0n) is 5.69. The molecule has 1 heterocycles. The number of nitrogens with zero attached hydrogens (tertiary/aromatic N) is 1. The third-order valence-electron chi connectivity index (χ3n) is 1.11. The van der Waals surface area contributed by atoms with Crippen LogP contribution in [0, 0.1) is 0 Å². The van der Waals surface area contributed by atoms with E-state index in [1.807, 2.05) is 0 Å². The second-order valence-electron chi connectivity index (χ2n) is 2.28. The Balaban J connectivity index is 3.03. The molecule has 0 saturated carbocycles. The van der Waals surface area contributed by atoms with Gasteiger partial charge in [-0.15, -0.1) is 11.3 Å². The number of hydrogen-bond donors (Lipinski definition) is 0. The van der Waals surface area contributed by atoms with E-state index in [1.165, 1.54) is 11.3 Å². The van der Waals surface area contributed by atoms with Gasteiger partial charge in [0.15, 0.2) is 4.47 Å². The molecule has 0 spiro atoms. The molecule has 0 aliphatic heterocycles. The molecule has 0 atom stereocenters. The van der Waals surface area contributed by atoms with E-state index in [2.05, 4.69) is 18.8 Å². The van der Waals surface area contributed by atoms with Gasteiger partial charge >= 0.3 is 0 Å². The highest BCUT2D eigenvalue weighted by Gasteiger charge is 2.10. The van der Waals surface area contributed by atoms with Gasteiger partial charge in [-0.2, -0.15) is 0 Å². The van der Waals surface area contributed by atoms with E-state index in [9.17, 15) is 0 Å². The summed E-state index contributed by atoms with van der Waals surface area (Å²) in [4.78, 5) is 4.94. The van der Waals surface area contributed by atoms with Crippen molar-refractivity contribution in [2.75, 3.05) is 0 Å². The number of hydrogen-bond acceptors (Lipinski definition) is 2. The summed E-state index contributed by atoms with van der Waals surface area (Å²) < 4.78 is 0.522. The average molecular weight is 196 g/mol. The van der Waals surface area contributed by atoms with Gasteiger partial charge in [-0.1, -0.05) is 37.0 Å². The van der Waals surface area contributed by atoms with E-state index in [1.54, 1.807) is 0 Å². The summed E-state index contributed by atoms with van der Waals surface area (Å²) in [7, 11) is 0. The Labute approximate surface area is 74.0 Å². The van der Waals surface area contributed by atoms with Crippen molar-refractivity contribution in [2.45, 2.75) is 19.8 Å². The third kappa shape index (κ3) is 1.62. The molecule has 0 aliphatic rings. The minimum Gasteiger partial charge on any atom is -0.213 e. The molecule has 0 N–H and O–H groups in total. The zero-order chi connectivity index (χ0) is 7.72. The first kappa shape index (κ1) is 8.31. The molecule has 0 fully saturated rings. The van der Waals surface area contributed by atoms with Crippen LogP contribution in [-0.4, -0.2) is 4.98 Å². The first-order chi connectivity index (χ1) is 4.61. The van der Waals surface area contributed by atoms with Gasteiger partial charge < -0.3 is 0 Å². The molecule has 1 aromatic rings. The van der Waals surface area contributed by atoms with Gasteiger partial charge in [-0.05, 0) is 5.92 Å². The first-order valence-electron chi connectivity index (χ1n) is 2.93. The van der Waals surface area contributed by atoms with Crippen molar-refractivity contribution in [1.82, 2.24) is 4.98 Å². The molecule has 0 bridgehead atoms. The topological polar surface area (TPSA) is 12.9 Å². The zero-order valence-corrected chi connectivity index (χ0v) is 8.02. The maximum atomic E-state index is 5.75. The van der Waals surface area contributed by atoms with Crippen LogP contribution in [0.2, 0.25) is 9.62 Å². The highest BCUT2D eigenvalue weighted by atomic mass is 35.5. The number of aromatic nitrogens is 1. The quantitative estimate of drug-likeness (QED) is 0.668. The molecule has 4 heteroatoms. The molecule has 0 amide bonds. The van der Waals surface area contributed by atoms with Gasteiger partial charge in [-0.3, -0.25) is 0 Å². The molecule has 1 aromatic heterocycles. The van der Waals surface area contributed by atoms with Gasteiger partial charge in [0.05, 0.1) is 0 Å². The van der Waals surface area contributed by atoms with Crippen LogP contribution in [0.5, 0.6) is 0 Å². The van der Waals surface area contributed by atoms with Crippen molar-refractivity contribution in [3.63, 3.8) is 0 Å². The second kappa shape index (κ2) is 3.07. The summed E-state index contributed by atoms with van der Waals surface area (Å²) >= 11 is 12.8. The van der Waals surface area contributed by atoms with Crippen LogP contribution in [0.3, 0.4) is 0 Å². The molecule has 0 saturated heterocycles. The highest BCUT2D eigenvalue weighted by Crippen LogP contribution is 2.32. The Morgan fingerprint density at radius 1 is 1.40 bits per heavy atom. The van der Waals surface area contributed by atoms with Gasteiger partial charge in [0.2, 0.25) is 0 Å². The predicted molar refractivity (Wildman–Crippen MR) is 46.2 cm³/mol. The lowest BCUT2D eigenvalue weighted by Crippen LogP contribution is -1.80. The highest BCUT2D eigenvalue weighted by molar-refractivity contribution is 7.16. The minimum atomic E-state index is 0.414. The van der Waals surface area contributed by atoms with Crippen LogP contribution in [-0.2, 0) is 0 Å². The van der Waals surface area contributed by atoms with Crippen LogP contribution in [0.25, 0.3) is 0 Å². The van der Waals surface area contributed by atoms with Gasteiger partial charge in [-0.25, -0.2) is 4.98 Å². The van der Waals surface area contributed by atoms with Crippen molar-refractivity contribution >= 4 is 34.5 Å². The first-order valence-corrected chi connectivity index (χ1v) is 4.50. The maximum Gasteiger partial charge on any atom is 0.185 e. The monoisotopic (exact) mass is 195 g/mol. The SMILES string of the molecule is CC(C)c1sc(Cl)nc1Cl. The molecule has 0 aliphatic carbocycles. The summed E-state index contributed by atoms with van der Waals surface area (Å²) in [5.74, 6) is 0.414. The molecule has 0 radical (unpaired) electrons. The average Bonchev–Trinajstić information content (AvgIpc) is 2.10. The van der Waals surface area contributed by atoms with Crippen molar-refractivity contribution in [3.05, 3.63) is 14.5 Å². The largest absolute Gasteiger partial charge is 0.213 e. The molecule has 56 valence electrons. The van der Waals surface area contributed by atoms with E-state index < -0.39 is 0 Å². The lowest BCUT2D eigenvalue weighted by atomic mass is 10.2. The van der Waals surface area contributed by atoms with Crippen LogP contribution in [0.1, 0.15) is 24.6 Å². The Morgan fingerprint density at radius 2 is 2.00 bits per heavy atom. The fraction of sp³-hybridized carbons (Fsp3) is 0.500. The van der Waals surface area contributed by atoms with Crippen molar-refractivity contribution in [1.29, 1.82) is 0 Å². The molecule has 1 nitrogen and oxygen atoms in total.